The number of aromatic nitrogens is 1. The van der Waals surface area contributed by atoms with Crippen LogP contribution in [0.4, 0.5) is 22.0 Å². The fraction of sp³-hybridized carbons (Fsp3) is 0.577. The van der Waals surface area contributed by atoms with Crippen LogP contribution in [0, 0.1) is 10.1 Å². The first-order valence-electron chi connectivity index (χ1n) is 13.0. The number of amides is 1. The summed E-state index contributed by atoms with van der Waals surface area (Å²) in [6, 6.07) is 0.395. The van der Waals surface area contributed by atoms with Gasteiger partial charge in [-0.05, 0) is 69.7 Å². The molecule has 3 heterocycles. The summed E-state index contributed by atoms with van der Waals surface area (Å²) in [6.45, 7) is 6.49. The lowest BCUT2D eigenvalue weighted by Gasteiger charge is -2.43. The van der Waals surface area contributed by atoms with Crippen molar-refractivity contribution < 1.29 is 24.0 Å². The number of hydrogen-bond donors (Lipinski definition) is 1. The molecule has 2 saturated heterocycles. The van der Waals surface area contributed by atoms with Crippen LogP contribution in [-0.2, 0) is 14.3 Å². The van der Waals surface area contributed by atoms with E-state index in [4.69, 9.17) is 32.7 Å². The van der Waals surface area contributed by atoms with Gasteiger partial charge in [0.15, 0.2) is 0 Å². The minimum atomic E-state index is -0.953. The highest BCUT2D eigenvalue weighted by molar-refractivity contribution is 9.10. The van der Waals surface area contributed by atoms with E-state index in [-0.39, 0.29) is 46.2 Å². The molecule has 2 aliphatic heterocycles. The normalized spacial score (nSPS) is 19.8. The Morgan fingerprint density at radius 1 is 1.27 bits per heavy atom. The van der Waals surface area contributed by atoms with Gasteiger partial charge in [-0.2, -0.15) is 0 Å². The highest BCUT2D eigenvalue weighted by atomic mass is 79.9. The fourth-order valence-corrected chi connectivity index (χ4v) is 5.78. The standard InChI is InChI=1S/C26H33BrCl2N6O6/c1-26(2,3)41-25(37)34-8-7-13(9-17(34)24(36)40-6)30-21-15-10-16(28)18(27)19(29)20(15)31-23(22(21)35(38)39)33-11-14(12-33)32(4)5/h10,13-14,17H,7-9,11-12H2,1-6H3,(H,30,31)/t13-,17-/m0/s1. The number of benzene rings is 1. The number of nitro groups is 1. The fourth-order valence-electron chi connectivity index (χ4n) is 4.98. The molecule has 41 heavy (non-hydrogen) atoms. The van der Waals surface area contributed by atoms with E-state index in [0.29, 0.717) is 34.9 Å². The van der Waals surface area contributed by atoms with Crippen molar-refractivity contribution in [1.82, 2.24) is 14.8 Å². The Hall–Kier alpha value is -2.61. The van der Waals surface area contributed by atoms with Crippen LogP contribution in [0.15, 0.2) is 10.5 Å². The molecule has 0 saturated carbocycles. The molecule has 0 bridgehead atoms. The van der Waals surface area contributed by atoms with E-state index >= 15 is 0 Å². The van der Waals surface area contributed by atoms with Crippen molar-refractivity contribution >= 4 is 79.3 Å². The number of fused-ring (bicyclic) bond motifs is 1. The maximum atomic E-state index is 12.9. The van der Waals surface area contributed by atoms with Crippen LogP contribution in [-0.4, -0.2) is 96.3 Å². The smallest absolute Gasteiger partial charge is 0.411 e. The van der Waals surface area contributed by atoms with Crippen LogP contribution in [0.2, 0.25) is 10.0 Å². The average Bonchev–Trinajstić information content (AvgIpc) is 2.85. The summed E-state index contributed by atoms with van der Waals surface area (Å²) in [5.41, 5.74) is -0.433. The highest BCUT2D eigenvalue weighted by Gasteiger charge is 2.41. The topological polar surface area (TPSA) is 130 Å². The SMILES string of the molecule is COC(=O)[C@@H]1C[C@@H](Nc2c([N+](=O)[O-])c(N3CC(N(C)C)C3)nc3c(Cl)c(Br)c(Cl)cc23)CCN1C(=O)OC(C)(C)C. The number of likely N-dealkylation sites (tertiary alicyclic amines) is 1. The Morgan fingerprint density at radius 3 is 2.49 bits per heavy atom. The van der Waals surface area contributed by atoms with E-state index < -0.39 is 34.7 Å². The van der Waals surface area contributed by atoms with Crippen molar-refractivity contribution in [2.24, 2.45) is 0 Å². The summed E-state index contributed by atoms with van der Waals surface area (Å²) in [6.07, 6.45) is -0.120. The minimum Gasteiger partial charge on any atom is -0.467 e. The lowest BCUT2D eigenvalue weighted by Crippen LogP contribution is -2.58. The Kier molecular flexibility index (Phi) is 9.13. The van der Waals surface area contributed by atoms with E-state index in [1.807, 2.05) is 19.0 Å². The Bertz CT molecular complexity index is 1380. The number of carbonyl (C=O) groups is 2. The lowest BCUT2D eigenvalue weighted by molar-refractivity contribution is -0.383. The number of esters is 1. The van der Waals surface area contributed by atoms with Gasteiger partial charge in [-0.25, -0.2) is 14.6 Å². The van der Waals surface area contributed by atoms with Crippen molar-refractivity contribution in [3.63, 3.8) is 0 Å². The monoisotopic (exact) mass is 674 g/mol. The molecule has 1 aromatic heterocycles. The van der Waals surface area contributed by atoms with Gasteiger partial charge in [0.1, 0.15) is 17.3 Å². The van der Waals surface area contributed by atoms with Gasteiger partial charge in [0, 0.05) is 37.1 Å². The van der Waals surface area contributed by atoms with Crippen molar-refractivity contribution in [1.29, 1.82) is 0 Å². The molecule has 2 aliphatic rings. The molecule has 4 rings (SSSR count). The van der Waals surface area contributed by atoms with E-state index in [1.54, 1.807) is 26.8 Å². The number of ether oxygens (including phenoxy) is 2. The molecule has 2 fully saturated rings. The molecule has 1 aromatic carbocycles. The van der Waals surface area contributed by atoms with Gasteiger partial charge in [-0.1, -0.05) is 23.2 Å². The number of rotatable bonds is 6. The number of nitrogens with zero attached hydrogens (tertiary/aromatic N) is 5. The molecule has 1 N–H and O–H groups in total. The number of hydrogen-bond acceptors (Lipinski definition) is 10. The molecule has 0 radical (unpaired) electrons. The Morgan fingerprint density at radius 2 is 1.93 bits per heavy atom. The minimum absolute atomic E-state index is 0.132. The molecule has 224 valence electrons. The summed E-state index contributed by atoms with van der Waals surface area (Å²) < 4.78 is 10.9. The molecule has 2 atom stereocenters. The number of likely N-dealkylation sites (N-methyl/N-ethyl adjacent to an activating group) is 1. The number of piperidine rings is 1. The summed E-state index contributed by atoms with van der Waals surface area (Å²) in [5.74, 6) is -0.419. The van der Waals surface area contributed by atoms with E-state index in [2.05, 4.69) is 31.1 Å². The molecule has 0 spiro atoms. The van der Waals surface area contributed by atoms with Crippen LogP contribution >= 0.6 is 39.1 Å². The second-order valence-electron chi connectivity index (χ2n) is 11.4. The molecular weight excluding hydrogens is 643 g/mol. The maximum absolute atomic E-state index is 12.9. The second kappa shape index (κ2) is 11.9. The first kappa shape index (κ1) is 31.3. The predicted octanol–water partition coefficient (Wildman–Crippen LogP) is 5.32. The molecule has 2 aromatic rings. The zero-order valence-electron chi connectivity index (χ0n) is 23.7. The lowest BCUT2D eigenvalue weighted by atomic mass is 9.96. The van der Waals surface area contributed by atoms with Crippen LogP contribution in [0.5, 0.6) is 0 Å². The van der Waals surface area contributed by atoms with E-state index in [0.717, 1.165) is 0 Å². The third kappa shape index (κ3) is 6.42. The Balaban J connectivity index is 1.77. The van der Waals surface area contributed by atoms with Gasteiger partial charge >= 0.3 is 17.7 Å². The van der Waals surface area contributed by atoms with E-state index in [1.165, 1.54) is 12.0 Å². The zero-order chi connectivity index (χ0) is 30.4. The van der Waals surface area contributed by atoms with E-state index in [9.17, 15) is 19.7 Å². The summed E-state index contributed by atoms with van der Waals surface area (Å²) in [7, 11) is 5.15. The summed E-state index contributed by atoms with van der Waals surface area (Å²) in [4.78, 5) is 47.7. The molecule has 0 unspecified atom stereocenters. The van der Waals surface area contributed by atoms with Gasteiger partial charge in [-0.3, -0.25) is 15.0 Å². The van der Waals surface area contributed by atoms with Crippen molar-refractivity contribution in [2.75, 3.05) is 51.1 Å². The van der Waals surface area contributed by atoms with Crippen LogP contribution in [0.1, 0.15) is 33.6 Å². The van der Waals surface area contributed by atoms with Crippen LogP contribution < -0.4 is 10.2 Å². The highest BCUT2D eigenvalue weighted by Crippen LogP contribution is 2.47. The van der Waals surface area contributed by atoms with Crippen molar-refractivity contribution in [2.45, 2.75) is 57.3 Å². The van der Waals surface area contributed by atoms with Crippen LogP contribution in [0.3, 0.4) is 0 Å². The number of halogens is 3. The maximum Gasteiger partial charge on any atom is 0.411 e. The van der Waals surface area contributed by atoms with Gasteiger partial charge < -0.3 is 24.6 Å². The number of nitrogens with one attached hydrogen (secondary N) is 1. The van der Waals surface area contributed by atoms with Gasteiger partial charge in [0.2, 0.25) is 5.82 Å². The Labute approximate surface area is 256 Å². The quantitative estimate of drug-likeness (QED) is 0.186. The average molecular weight is 676 g/mol. The summed E-state index contributed by atoms with van der Waals surface area (Å²) >= 11 is 16.5. The van der Waals surface area contributed by atoms with Crippen molar-refractivity contribution in [3.8, 4) is 0 Å². The first-order valence-corrected chi connectivity index (χ1v) is 14.6. The number of methoxy groups -OCH3 is 1. The second-order valence-corrected chi connectivity index (χ2v) is 13.0. The molecular formula is C26H33BrCl2N6O6. The van der Waals surface area contributed by atoms with Gasteiger partial charge in [0.25, 0.3) is 0 Å². The zero-order valence-corrected chi connectivity index (χ0v) is 26.8. The molecule has 0 aliphatic carbocycles. The predicted molar refractivity (Wildman–Crippen MR) is 161 cm³/mol. The van der Waals surface area contributed by atoms with Crippen molar-refractivity contribution in [3.05, 3.63) is 30.7 Å². The first-order chi connectivity index (χ1) is 19.1. The third-order valence-corrected chi connectivity index (χ3v) is 9.15. The number of anilines is 2. The largest absolute Gasteiger partial charge is 0.467 e. The molecule has 15 heteroatoms. The molecule has 12 nitrogen and oxygen atoms in total. The van der Waals surface area contributed by atoms with Crippen LogP contribution in [0.25, 0.3) is 10.9 Å². The number of carbonyl (C=O) groups excluding carboxylic acids is 2. The molecule has 1 amide bonds. The van der Waals surface area contributed by atoms with Gasteiger partial charge in [-0.15, -0.1) is 0 Å². The van der Waals surface area contributed by atoms with Gasteiger partial charge in [0.05, 0.1) is 32.1 Å². The summed E-state index contributed by atoms with van der Waals surface area (Å²) in [5, 5.41) is 16.7. The number of pyridine rings is 1. The third-order valence-electron chi connectivity index (χ3n) is 7.20.